The molecule has 0 aromatic heterocycles. The van der Waals surface area contributed by atoms with Crippen LogP contribution in [0.25, 0.3) is 0 Å². The fourth-order valence-corrected chi connectivity index (χ4v) is 2.90. The van der Waals surface area contributed by atoms with Gasteiger partial charge in [-0.15, -0.1) is 0 Å². The summed E-state index contributed by atoms with van der Waals surface area (Å²) < 4.78 is 11.2. The van der Waals surface area contributed by atoms with Crippen LogP contribution in [0.3, 0.4) is 0 Å². The third kappa shape index (κ3) is 2.41. The van der Waals surface area contributed by atoms with Crippen LogP contribution in [0.1, 0.15) is 13.3 Å². The van der Waals surface area contributed by atoms with Gasteiger partial charge in [0.2, 0.25) is 6.10 Å². The molecule has 2 aliphatic rings. The van der Waals surface area contributed by atoms with E-state index in [1.807, 2.05) is 13.0 Å². The van der Waals surface area contributed by atoms with Crippen molar-refractivity contribution >= 4 is 11.9 Å². The fourth-order valence-electron chi connectivity index (χ4n) is 2.90. The van der Waals surface area contributed by atoms with Crippen LogP contribution in [0.5, 0.6) is 11.5 Å². The first-order valence-corrected chi connectivity index (χ1v) is 6.99. The summed E-state index contributed by atoms with van der Waals surface area (Å²) in [7, 11) is 0. The minimum absolute atomic E-state index is 0.0526. The van der Waals surface area contributed by atoms with Gasteiger partial charge in [0, 0.05) is 6.54 Å². The van der Waals surface area contributed by atoms with Gasteiger partial charge < -0.3 is 19.5 Å². The second-order valence-electron chi connectivity index (χ2n) is 5.44. The predicted molar refractivity (Wildman–Crippen MR) is 73.3 cm³/mol. The number of rotatable bonds is 2. The average Bonchev–Trinajstić information content (AvgIpc) is 2.88. The van der Waals surface area contributed by atoms with Gasteiger partial charge in [-0.2, -0.15) is 0 Å². The summed E-state index contributed by atoms with van der Waals surface area (Å²) in [4.78, 5) is 25.3. The van der Waals surface area contributed by atoms with Crippen molar-refractivity contribution < 1.29 is 24.2 Å². The lowest BCUT2D eigenvalue weighted by atomic mass is 10.0. The molecule has 1 amide bonds. The molecule has 0 aliphatic carbocycles. The third-order valence-electron chi connectivity index (χ3n) is 4.02. The molecule has 112 valence electrons. The van der Waals surface area contributed by atoms with E-state index in [-0.39, 0.29) is 18.4 Å². The van der Waals surface area contributed by atoms with Crippen LogP contribution < -0.4 is 9.47 Å². The first-order valence-electron chi connectivity index (χ1n) is 6.99. The monoisotopic (exact) mass is 291 g/mol. The minimum atomic E-state index is -0.967. The molecule has 2 aliphatic heterocycles. The fraction of sp³-hybridized carbons (Fsp3) is 0.467. The highest BCUT2D eigenvalue weighted by Crippen LogP contribution is 2.32. The third-order valence-corrected chi connectivity index (χ3v) is 4.02. The summed E-state index contributed by atoms with van der Waals surface area (Å²) in [6, 6.07) is 6.35. The Bertz CT molecular complexity index is 573. The number of aliphatic carboxylic acids is 1. The number of nitrogens with zero attached hydrogens (tertiary/aromatic N) is 1. The number of carboxylic acids is 1. The van der Waals surface area contributed by atoms with E-state index in [1.165, 1.54) is 4.90 Å². The Morgan fingerprint density at radius 2 is 2.00 bits per heavy atom. The first kappa shape index (κ1) is 13.7. The van der Waals surface area contributed by atoms with E-state index < -0.39 is 18.1 Å². The molecular formula is C15H17NO5. The van der Waals surface area contributed by atoms with Crippen molar-refractivity contribution in [3.8, 4) is 11.5 Å². The molecule has 2 heterocycles. The Balaban J connectivity index is 1.76. The van der Waals surface area contributed by atoms with E-state index in [2.05, 4.69) is 0 Å². The second-order valence-corrected chi connectivity index (χ2v) is 5.44. The number of hydrogen-bond acceptors (Lipinski definition) is 4. The van der Waals surface area contributed by atoms with Crippen molar-refractivity contribution in [2.75, 3.05) is 13.2 Å². The van der Waals surface area contributed by atoms with Crippen molar-refractivity contribution in [3.63, 3.8) is 0 Å². The molecule has 1 fully saturated rings. The Morgan fingerprint density at radius 1 is 1.29 bits per heavy atom. The lowest BCUT2D eigenvalue weighted by molar-refractivity contribution is -0.153. The summed E-state index contributed by atoms with van der Waals surface area (Å²) in [5.74, 6) is -0.220. The highest BCUT2D eigenvalue weighted by atomic mass is 16.6. The molecule has 3 atom stereocenters. The van der Waals surface area contributed by atoms with E-state index in [9.17, 15) is 14.7 Å². The van der Waals surface area contributed by atoms with Crippen LogP contribution in [-0.4, -0.2) is 47.2 Å². The number of hydrogen-bond donors (Lipinski definition) is 1. The van der Waals surface area contributed by atoms with Crippen LogP contribution >= 0.6 is 0 Å². The van der Waals surface area contributed by atoms with Gasteiger partial charge in [0.05, 0.1) is 0 Å². The van der Waals surface area contributed by atoms with E-state index >= 15 is 0 Å². The number of carbonyl (C=O) groups excluding carboxylic acids is 1. The SMILES string of the molecule is CC1CCN(C(=O)C2COc3ccccc3O2)C1C(=O)O. The van der Waals surface area contributed by atoms with Crippen LogP contribution in [0.4, 0.5) is 0 Å². The van der Waals surface area contributed by atoms with E-state index in [1.54, 1.807) is 18.2 Å². The summed E-state index contributed by atoms with van der Waals surface area (Å²) in [6.07, 6.45) is -0.0978. The molecule has 6 nitrogen and oxygen atoms in total. The summed E-state index contributed by atoms with van der Waals surface area (Å²) >= 11 is 0. The van der Waals surface area contributed by atoms with E-state index in [0.29, 0.717) is 24.5 Å². The number of para-hydroxylation sites is 2. The zero-order chi connectivity index (χ0) is 15.0. The van der Waals surface area contributed by atoms with E-state index in [0.717, 1.165) is 0 Å². The molecule has 0 saturated carbocycles. The number of ether oxygens (including phenoxy) is 2. The van der Waals surface area contributed by atoms with Gasteiger partial charge in [0.25, 0.3) is 5.91 Å². The largest absolute Gasteiger partial charge is 0.485 e. The van der Waals surface area contributed by atoms with Crippen LogP contribution in [0.2, 0.25) is 0 Å². The standard InChI is InChI=1S/C15H17NO5/c1-9-6-7-16(13(9)15(18)19)14(17)12-8-20-10-4-2-3-5-11(10)21-12/h2-5,9,12-13H,6-8H2,1H3,(H,18,19). The lowest BCUT2D eigenvalue weighted by Gasteiger charge is -2.31. The Kier molecular flexibility index (Phi) is 3.45. The van der Waals surface area contributed by atoms with Gasteiger partial charge >= 0.3 is 5.97 Å². The Hall–Kier alpha value is -2.24. The van der Waals surface area contributed by atoms with Crippen molar-refractivity contribution in [1.82, 2.24) is 4.90 Å². The molecule has 0 spiro atoms. The van der Waals surface area contributed by atoms with Crippen molar-refractivity contribution in [1.29, 1.82) is 0 Å². The normalized spacial score (nSPS) is 27.5. The maximum absolute atomic E-state index is 12.5. The zero-order valence-electron chi connectivity index (χ0n) is 11.7. The van der Waals surface area contributed by atoms with E-state index in [4.69, 9.17) is 9.47 Å². The first-order chi connectivity index (χ1) is 10.1. The lowest BCUT2D eigenvalue weighted by Crippen LogP contribution is -2.51. The maximum atomic E-state index is 12.5. The number of amides is 1. The topological polar surface area (TPSA) is 76.1 Å². The molecule has 6 heteroatoms. The van der Waals surface area contributed by atoms with Gasteiger partial charge in [-0.1, -0.05) is 19.1 Å². The second kappa shape index (κ2) is 5.27. The molecular weight excluding hydrogens is 274 g/mol. The molecule has 0 radical (unpaired) electrons. The summed E-state index contributed by atoms with van der Waals surface area (Å²) in [5, 5.41) is 9.29. The van der Waals surface area contributed by atoms with Crippen LogP contribution in [0.15, 0.2) is 24.3 Å². The number of carboxylic acid groups (broad SMARTS) is 1. The number of fused-ring (bicyclic) bond motifs is 1. The zero-order valence-corrected chi connectivity index (χ0v) is 11.7. The van der Waals surface area contributed by atoms with Crippen molar-refractivity contribution in [2.24, 2.45) is 5.92 Å². The van der Waals surface area contributed by atoms with Crippen molar-refractivity contribution in [2.45, 2.75) is 25.5 Å². The van der Waals surface area contributed by atoms with Gasteiger partial charge in [0.1, 0.15) is 12.6 Å². The highest BCUT2D eigenvalue weighted by molar-refractivity contribution is 5.87. The molecule has 1 N–H and O–H groups in total. The average molecular weight is 291 g/mol. The van der Waals surface area contributed by atoms with Gasteiger partial charge in [0.15, 0.2) is 11.5 Å². The summed E-state index contributed by atoms with van der Waals surface area (Å²) in [5.41, 5.74) is 0. The number of carbonyl (C=O) groups is 2. The predicted octanol–water partition coefficient (Wildman–Crippen LogP) is 1.15. The Morgan fingerprint density at radius 3 is 2.71 bits per heavy atom. The minimum Gasteiger partial charge on any atom is -0.485 e. The maximum Gasteiger partial charge on any atom is 0.326 e. The quantitative estimate of drug-likeness (QED) is 0.884. The number of likely N-dealkylation sites (tertiary alicyclic amines) is 1. The summed E-state index contributed by atoms with van der Waals surface area (Å²) in [6.45, 7) is 2.39. The molecule has 1 saturated heterocycles. The van der Waals surface area contributed by atoms with Crippen molar-refractivity contribution in [3.05, 3.63) is 24.3 Å². The number of benzene rings is 1. The molecule has 0 bridgehead atoms. The molecule has 3 unspecified atom stereocenters. The molecule has 21 heavy (non-hydrogen) atoms. The Labute approximate surface area is 122 Å². The van der Waals surface area contributed by atoms with Gasteiger partial charge in [-0.05, 0) is 24.5 Å². The molecule has 1 aromatic carbocycles. The highest BCUT2D eigenvalue weighted by Gasteiger charge is 2.43. The smallest absolute Gasteiger partial charge is 0.326 e. The molecule has 3 rings (SSSR count). The molecule has 1 aromatic rings. The van der Waals surface area contributed by atoms with Gasteiger partial charge in [-0.3, -0.25) is 4.79 Å². The van der Waals surface area contributed by atoms with Crippen LogP contribution in [-0.2, 0) is 9.59 Å². The van der Waals surface area contributed by atoms with Gasteiger partial charge in [-0.25, -0.2) is 4.79 Å². The van der Waals surface area contributed by atoms with Crippen LogP contribution in [0, 0.1) is 5.92 Å².